The lowest BCUT2D eigenvalue weighted by Crippen LogP contribution is -2.45. The van der Waals surface area contributed by atoms with Crippen LogP contribution in [-0.4, -0.2) is 54.9 Å². The zero-order valence-corrected chi connectivity index (χ0v) is 13.8. The van der Waals surface area contributed by atoms with Crippen LogP contribution in [0.3, 0.4) is 0 Å². The first-order chi connectivity index (χ1) is 9.90. The maximum Gasteiger partial charge on any atom is 0.169 e. The lowest BCUT2D eigenvalue weighted by molar-refractivity contribution is 0.0724. The van der Waals surface area contributed by atoms with Gasteiger partial charge in [0.15, 0.2) is 5.78 Å². The molecule has 0 N–H and O–H groups in total. The molecule has 1 aromatic rings. The molecule has 0 bridgehead atoms. The Morgan fingerprint density at radius 3 is 2.57 bits per heavy atom. The molecule has 3 heteroatoms. The summed E-state index contributed by atoms with van der Waals surface area (Å²) in [4.78, 5) is 17.6. The smallest absolute Gasteiger partial charge is 0.169 e. The molecule has 1 atom stereocenters. The Morgan fingerprint density at radius 2 is 1.90 bits per heavy atom. The van der Waals surface area contributed by atoms with E-state index in [-0.39, 0.29) is 11.2 Å². The van der Waals surface area contributed by atoms with Gasteiger partial charge in [-0.15, -0.1) is 0 Å². The Balaban J connectivity index is 2.07. The van der Waals surface area contributed by atoms with Crippen molar-refractivity contribution in [2.75, 3.05) is 33.2 Å². The van der Waals surface area contributed by atoms with Gasteiger partial charge >= 0.3 is 0 Å². The second kappa shape index (κ2) is 6.71. The van der Waals surface area contributed by atoms with Gasteiger partial charge in [0, 0.05) is 30.1 Å². The number of rotatable bonds is 4. The number of likely N-dealkylation sites (N-methyl/N-ethyl adjacent to an activating group) is 1. The number of Topliss-reactive ketones (excluding diaryl/α,β-unsaturated/α-hetero) is 1. The molecule has 1 aromatic carbocycles. The van der Waals surface area contributed by atoms with Gasteiger partial charge in [0.05, 0.1) is 0 Å². The van der Waals surface area contributed by atoms with Crippen LogP contribution in [0.5, 0.6) is 0 Å². The largest absolute Gasteiger partial charge is 0.305 e. The summed E-state index contributed by atoms with van der Waals surface area (Å²) in [6.45, 7) is 10.6. The fourth-order valence-corrected chi connectivity index (χ4v) is 3.22. The van der Waals surface area contributed by atoms with Gasteiger partial charge in [-0.1, -0.05) is 44.2 Å². The van der Waals surface area contributed by atoms with E-state index >= 15 is 0 Å². The van der Waals surface area contributed by atoms with E-state index in [1.54, 1.807) is 0 Å². The second-order valence-corrected chi connectivity index (χ2v) is 7.01. The van der Waals surface area contributed by atoms with Crippen LogP contribution in [0, 0.1) is 5.41 Å². The Kier molecular flexibility index (Phi) is 5.17. The predicted octanol–water partition coefficient (Wildman–Crippen LogP) is 2.92. The van der Waals surface area contributed by atoms with Crippen LogP contribution in [0.1, 0.15) is 37.6 Å². The zero-order valence-electron chi connectivity index (χ0n) is 13.8. The summed E-state index contributed by atoms with van der Waals surface area (Å²) < 4.78 is 0. The average Bonchev–Trinajstić information content (AvgIpc) is 2.60. The van der Waals surface area contributed by atoms with E-state index in [0.29, 0.717) is 6.04 Å². The highest BCUT2D eigenvalue weighted by Crippen LogP contribution is 2.25. The molecule has 0 aliphatic carbocycles. The molecule has 1 unspecified atom stereocenters. The third kappa shape index (κ3) is 4.14. The van der Waals surface area contributed by atoms with Gasteiger partial charge in [-0.25, -0.2) is 0 Å². The fraction of sp³-hybridized carbons (Fsp3) is 0.611. The van der Waals surface area contributed by atoms with Gasteiger partial charge in [0.25, 0.3) is 0 Å². The average molecular weight is 288 g/mol. The van der Waals surface area contributed by atoms with Crippen LogP contribution >= 0.6 is 0 Å². The van der Waals surface area contributed by atoms with Crippen molar-refractivity contribution in [1.29, 1.82) is 0 Å². The molecule has 1 aliphatic heterocycles. The highest BCUT2D eigenvalue weighted by atomic mass is 16.1. The molecule has 0 saturated carbocycles. The quantitative estimate of drug-likeness (QED) is 0.796. The fourth-order valence-electron chi connectivity index (χ4n) is 3.22. The van der Waals surface area contributed by atoms with Gasteiger partial charge in [-0.3, -0.25) is 9.69 Å². The number of benzene rings is 1. The van der Waals surface area contributed by atoms with Crippen molar-refractivity contribution in [3.05, 3.63) is 35.9 Å². The third-order valence-corrected chi connectivity index (χ3v) is 4.43. The minimum Gasteiger partial charge on any atom is -0.305 e. The molecule has 1 saturated heterocycles. The zero-order chi connectivity index (χ0) is 15.5. The molecule has 1 aliphatic rings. The van der Waals surface area contributed by atoms with Crippen molar-refractivity contribution >= 4 is 5.78 Å². The number of nitrogens with zero attached hydrogens (tertiary/aromatic N) is 2. The summed E-state index contributed by atoms with van der Waals surface area (Å²) in [5.41, 5.74) is 0.473. The number of carbonyl (C=O) groups excluding carboxylic acids is 1. The van der Waals surface area contributed by atoms with Crippen LogP contribution < -0.4 is 0 Å². The van der Waals surface area contributed by atoms with Crippen LogP contribution in [0.15, 0.2) is 30.3 Å². The summed E-state index contributed by atoms with van der Waals surface area (Å²) in [5.74, 6) is 0.243. The monoisotopic (exact) mass is 288 g/mol. The van der Waals surface area contributed by atoms with Crippen LogP contribution in [0.4, 0.5) is 0 Å². The summed E-state index contributed by atoms with van der Waals surface area (Å²) in [7, 11) is 2.18. The van der Waals surface area contributed by atoms with Gasteiger partial charge in [0.2, 0.25) is 0 Å². The van der Waals surface area contributed by atoms with Crippen molar-refractivity contribution in [3.8, 4) is 0 Å². The SMILES string of the molecule is CC1CN(C)CCCN1CC(C)(C)C(=O)c1ccccc1. The predicted molar refractivity (Wildman–Crippen MR) is 87.7 cm³/mol. The number of hydrogen-bond donors (Lipinski definition) is 0. The molecule has 21 heavy (non-hydrogen) atoms. The molecular formula is C18H28N2O. The van der Waals surface area contributed by atoms with E-state index in [4.69, 9.17) is 0 Å². The molecule has 0 spiro atoms. The van der Waals surface area contributed by atoms with Crippen molar-refractivity contribution in [2.45, 2.75) is 33.2 Å². The maximum absolute atomic E-state index is 12.8. The minimum absolute atomic E-state index is 0.243. The first kappa shape index (κ1) is 16.2. The van der Waals surface area contributed by atoms with E-state index in [1.807, 2.05) is 30.3 Å². The van der Waals surface area contributed by atoms with Crippen molar-refractivity contribution < 1.29 is 4.79 Å². The molecule has 1 heterocycles. The minimum atomic E-state index is -0.349. The standard InChI is InChI=1S/C18H28N2O/c1-15-13-19(4)11-8-12-20(15)14-18(2,3)17(21)16-9-6-5-7-10-16/h5-7,9-10,15H,8,11-14H2,1-4H3. The first-order valence-corrected chi connectivity index (χ1v) is 7.92. The lowest BCUT2D eigenvalue weighted by atomic mass is 9.83. The number of hydrogen-bond acceptors (Lipinski definition) is 3. The van der Waals surface area contributed by atoms with Crippen LogP contribution in [-0.2, 0) is 0 Å². The van der Waals surface area contributed by atoms with E-state index in [0.717, 1.165) is 31.7 Å². The molecule has 1 fully saturated rings. The molecule has 0 amide bonds. The molecule has 3 nitrogen and oxygen atoms in total. The molecular weight excluding hydrogens is 260 g/mol. The number of carbonyl (C=O) groups is 1. The highest BCUT2D eigenvalue weighted by Gasteiger charge is 2.33. The highest BCUT2D eigenvalue weighted by molar-refractivity contribution is 6.00. The Morgan fingerprint density at radius 1 is 1.24 bits per heavy atom. The van der Waals surface area contributed by atoms with Crippen molar-refractivity contribution in [3.63, 3.8) is 0 Å². The van der Waals surface area contributed by atoms with Gasteiger partial charge < -0.3 is 4.90 Å². The Hall–Kier alpha value is -1.19. The molecule has 2 rings (SSSR count). The summed E-state index contributed by atoms with van der Waals surface area (Å²) in [6, 6.07) is 10.2. The van der Waals surface area contributed by atoms with E-state index in [2.05, 4.69) is 37.6 Å². The molecule has 0 aromatic heterocycles. The van der Waals surface area contributed by atoms with Gasteiger partial charge in [-0.2, -0.15) is 0 Å². The van der Waals surface area contributed by atoms with Crippen LogP contribution in [0.2, 0.25) is 0 Å². The maximum atomic E-state index is 12.8. The summed E-state index contributed by atoms with van der Waals surface area (Å²) in [5, 5.41) is 0. The third-order valence-electron chi connectivity index (χ3n) is 4.43. The Labute approximate surface area is 128 Å². The lowest BCUT2D eigenvalue weighted by Gasteiger charge is -2.35. The first-order valence-electron chi connectivity index (χ1n) is 7.92. The van der Waals surface area contributed by atoms with E-state index in [9.17, 15) is 4.79 Å². The van der Waals surface area contributed by atoms with Crippen molar-refractivity contribution in [2.24, 2.45) is 5.41 Å². The van der Waals surface area contributed by atoms with E-state index in [1.165, 1.54) is 6.42 Å². The molecule has 0 radical (unpaired) electrons. The Bertz CT molecular complexity index is 469. The van der Waals surface area contributed by atoms with Crippen LogP contribution in [0.25, 0.3) is 0 Å². The van der Waals surface area contributed by atoms with E-state index < -0.39 is 0 Å². The second-order valence-electron chi connectivity index (χ2n) is 7.01. The van der Waals surface area contributed by atoms with Gasteiger partial charge in [-0.05, 0) is 33.5 Å². The van der Waals surface area contributed by atoms with Crippen molar-refractivity contribution in [1.82, 2.24) is 9.80 Å². The molecule has 116 valence electrons. The van der Waals surface area contributed by atoms with Gasteiger partial charge in [0.1, 0.15) is 0 Å². The number of ketones is 1. The normalized spacial score (nSPS) is 22.0. The topological polar surface area (TPSA) is 23.6 Å². The summed E-state index contributed by atoms with van der Waals surface area (Å²) >= 11 is 0. The summed E-state index contributed by atoms with van der Waals surface area (Å²) in [6.07, 6.45) is 1.18.